The lowest BCUT2D eigenvalue weighted by Crippen LogP contribution is -2.35. The summed E-state index contributed by atoms with van der Waals surface area (Å²) in [5.41, 5.74) is 3.72. The van der Waals surface area contributed by atoms with Crippen LogP contribution in [0.25, 0.3) is 21.5 Å². The first-order valence-electron chi connectivity index (χ1n) is 11.7. The topological polar surface area (TPSA) is 30.5 Å². The van der Waals surface area contributed by atoms with E-state index in [0.29, 0.717) is 12.6 Å². The molecule has 3 heteroatoms. The van der Waals surface area contributed by atoms with Gasteiger partial charge in [-0.1, -0.05) is 48.9 Å². The van der Waals surface area contributed by atoms with Crippen molar-refractivity contribution in [3.8, 4) is 11.5 Å². The number of methoxy groups -OCH3 is 1. The van der Waals surface area contributed by atoms with E-state index in [1.54, 1.807) is 7.11 Å². The average molecular weight is 426 g/mol. The molecule has 1 fully saturated rings. The lowest BCUT2D eigenvalue weighted by atomic mass is 9.90. The maximum Gasteiger partial charge on any atom is 0.122 e. The molecule has 0 saturated carbocycles. The van der Waals surface area contributed by atoms with Crippen LogP contribution >= 0.6 is 0 Å². The number of aryl methyl sites for hydroxylation is 1. The van der Waals surface area contributed by atoms with Crippen LogP contribution in [0.5, 0.6) is 11.5 Å². The van der Waals surface area contributed by atoms with Gasteiger partial charge in [0.1, 0.15) is 18.1 Å². The van der Waals surface area contributed by atoms with Crippen LogP contribution < -0.4 is 14.8 Å². The molecule has 4 aromatic carbocycles. The number of rotatable bonds is 6. The number of fused-ring (bicyclic) bond motifs is 3. The molecule has 0 aromatic heterocycles. The molecule has 1 aliphatic rings. The Labute approximate surface area is 190 Å². The molecule has 3 nitrogen and oxygen atoms in total. The highest BCUT2D eigenvalue weighted by Crippen LogP contribution is 2.36. The second kappa shape index (κ2) is 9.22. The number of piperidine rings is 1. The van der Waals surface area contributed by atoms with Crippen LogP contribution in [0.4, 0.5) is 0 Å². The van der Waals surface area contributed by atoms with Crippen molar-refractivity contribution in [2.45, 2.75) is 45.3 Å². The summed E-state index contributed by atoms with van der Waals surface area (Å²) in [5, 5.41) is 8.77. The summed E-state index contributed by atoms with van der Waals surface area (Å²) in [4.78, 5) is 0. The zero-order valence-electron chi connectivity index (χ0n) is 19.0. The van der Waals surface area contributed by atoms with Gasteiger partial charge in [0.15, 0.2) is 0 Å². The predicted octanol–water partition coefficient (Wildman–Crippen LogP) is 6.57. The normalized spacial score (nSPS) is 16.4. The average Bonchev–Trinajstić information content (AvgIpc) is 2.84. The van der Waals surface area contributed by atoms with Crippen LogP contribution in [0.3, 0.4) is 0 Å². The largest absolute Gasteiger partial charge is 0.496 e. The molecule has 1 unspecified atom stereocenters. The van der Waals surface area contributed by atoms with Crippen LogP contribution in [-0.4, -0.2) is 19.7 Å². The third-order valence-electron chi connectivity index (χ3n) is 6.65. The van der Waals surface area contributed by atoms with Crippen molar-refractivity contribution >= 4 is 21.5 Å². The van der Waals surface area contributed by atoms with Crippen LogP contribution in [0, 0.1) is 6.92 Å². The van der Waals surface area contributed by atoms with Crippen molar-refractivity contribution in [3.05, 3.63) is 83.4 Å². The fourth-order valence-corrected chi connectivity index (χ4v) is 4.92. The van der Waals surface area contributed by atoms with E-state index in [0.717, 1.165) is 30.0 Å². The lowest BCUT2D eigenvalue weighted by molar-refractivity contribution is 0.306. The highest BCUT2D eigenvalue weighted by Gasteiger charge is 2.17. The van der Waals surface area contributed by atoms with Crippen molar-refractivity contribution in [2.75, 3.05) is 13.7 Å². The van der Waals surface area contributed by atoms with E-state index >= 15 is 0 Å². The lowest BCUT2D eigenvalue weighted by Gasteiger charge is -2.24. The molecule has 0 aliphatic carbocycles. The molecule has 0 spiro atoms. The van der Waals surface area contributed by atoms with Crippen LogP contribution in [-0.2, 0) is 13.0 Å². The molecular formula is C29H31NO2. The summed E-state index contributed by atoms with van der Waals surface area (Å²) in [6, 6.07) is 24.2. The van der Waals surface area contributed by atoms with Crippen LogP contribution in [0.15, 0.2) is 66.7 Å². The second-order valence-corrected chi connectivity index (χ2v) is 8.91. The van der Waals surface area contributed by atoms with Gasteiger partial charge in [-0.25, -0.2) is 0 Å². The summed E-state index contributed by atoms with van der Waals surface area (Å²) in [7, 11) is 1.76. The molecule has 32 heavy (non-hydrogen) atoms. The minimum Gasteiger partial charge on any atom is -0.496 e. The van der Waals surface area contributed by atoms with Crippen molar-refractivity contribution in [1.29, 1.82) is 0 Å². The third-order valence-corrected chi connectivity index (χ3v) is 6.65. The van der Waals surface area contributed by atoms with Gasteiger partial charge in [-0.05, 0) is 95.2 Å². The number of nitrogens with one attached hydrogen (secondary N) is 1. The molecular weight excluding hydrogens is 394 g/mol. The minimum absolute atomic E-state index is 0.546. The molecule has 1 saturated heterocycles. The van der Waals surface area contributed by atoms with Crippen molar-refractivity contribution < 1.29 is 9.47 Å². The number of hydrogen-bond acceptors (Lipinski definition) is 3. The monoisotopic (exact) mass is 425 g/mol. The maximum absolute atomic E-state index is 6.14. The van der Waals surface area contributed by atoms with Gasteiger partial charge in [0.05, 0.1) is 7.11 Å². The van der Waals surface area contributed by atoms with Crippen LogP contribution in [0.1, 0.15) is 36.0 Å². The van der Waals surface area contributed by atoms with Gasteiger partial charge in [0.25, 0.3) is 0 Å². The summed E-state index contributed by atoms with van der Waals surface area (Å²) in [5.74, 6) is 1.85. The molecule has 0 amide bonds. The standard InChI is InChI=1S/C29H31NO2/c1-20-14-28-26-17-25(32-19-21-8-4-3-5-9-21)12-11-22(26)15-23(27(28)18-29(20)31-2)16-24-10-6-7-13-30-24/h3-5,8-9,11-12,14-15,17-18,24,30H,6-7,10,13,16,19H2,1-2H3. The maximum atomic E-state index is 6.14. The number of benzene rings is 4. The summed E-state index contributed by atoms with van der Waals surface area (Å²) >= 11 is 0. The van der Waals surface area contributed by atoms with Gasteiger partial charge in [-0.15, -0.1) is 0 Å². The Kier molecular flexibility index (Phi) is 6.00. The highest BCUT2D eigenvalue weighted by molar-refractivity contribution is 6.10. The van der Waals surface area contributed by atoms with Gasteiger partial charge in [0.2, 0.25) is 0 Å². The van der Waals surface area contributed by atoms with E-state index in [2.05, 4.69) is 60.8 Å². The predicted molar refractivity (Wildman–Crippen MR) is 133 cm³/mol. The minimum atomic E-state index is 0.546. The van der Waals surface area contributed by atoms with Gasteiger partial charge in [0, 0.05) is 6.04 Å². The Morgan fingerprint density at radius 1 is 0.906 bits per heavy atom. The van der Waals surface area contributed by atoms with Gasteiger partial charge in [-0.2, -0.15) is 0 Å². The zero-order valence-corrected chi connectivity index (χ0v) is 19.0. The van der Waals surface area contributed by atoms with Crippen molar-refractivity contribution in [1.82, 2.24) is 5.32 Å². The molecule has 1 aliphatic heterocycles. The fourth-order valence-electron chi connectivity index (χ4n) is 4.92. The van der Waals surface area contributed by atoms with E-state index in [9.17, 15) is 0 Å². The summed E-state index contributed by atoms with van der Waals surface area (Å²) < 4.78 is 11.8. The van der Waals surface area contributed by atoms with E-state index in [1.807, 2.05) is 18.2 Å². The molecule has 1 atom stereocenters. The Hall–Kier alpha value is -3.04. The Morgan fingerprint density at radius 2 is 1.78 bits per heavy atom. The molecule has 1 N–H and O–H groups in total. The van der Waals surface area contributed by atoms with E-state index < -0.39 is 0 Å². The SMILES string of the molecule is COc1cc2c(CC3CCCCN3)cc3ccc(OCc4ccccc4)cc3c2cc1C. The quantitative estimate of drug-likeness (QED) is 0.354. The van der Waals surface area contributed by atoms with E-state index in [-0.39, 0.29) is 0 Å². The fraction of sp³-hybridized carbons (Fsp3) is 0.310. The first-order valence-corrected chi connectivity index (χ1v) is 11.7. The van der Waals surface area contributed by atoms with Gasteiger partial charge >= 0.3 is 0 Å². The van der Waals surface area contributed by atoms with Gasteiger partial charge in [-0.3, -0.25) is 0 Å². The highest BCUT2D eigenvalue weighted by atomic mass is 16.5. The molecule has 1 heterocycles. The van der Waals surface area contributed by atoms with Crippen molar-refractivity contribution in [2.24, 2.45) is 0 Å². The smallest absolute Gasteiger partial charge is 0.122 e. The van der Waals surface area contributed by atoms with E-state index in [1.165, 1.54) is 51.9 Å². The Bertz CT molecular complexity index is 1230. The first kappa shape index (κ1) is 20.8. The zero-order chi connectivity index (χ0) is 21.9. The molecule has 5 rings (SSSR count). The van der Waals surface area contributed by atoms with Crippen LogP contribution in [0.2, 0.25) is 0 Å². The Morgan fingerprint density at radius 3 is 2.56 bits per heavy atom. The van der Waals surface area contributed by atoms with Crippen molar-refractivity contribution in [3.63, 3.8) is 0 Å². The summed E-state index contributed by atoms with van der Waals surface area (Å²) in [6.07, 6.45) is 4.89. The molecule has 0 radical (unpaired) electrons. The first-order chi connectivity index (χ1) is 15.7. The molecule has 4 aromatic rings. The Balaban J connectivity index is 1.56. The van der Waals surface area contributed by atoms with Gasteiger partial charge < -0.3 is 14.8 Å². The molecule has 164 valence electrons. The molecule has 0 bridgehead atoms. The summed E-state index contributed by atoms with van der Waals surface area (Å²) in [6.45, 7) is 3.82. The van der Waals surface area contributed by atoms with E-state index in [4.69, 9.17) is 9.47 Å². The number of ether oxygens (including phenoxy) is 2. The second-order valence-electron chi connectivity index (χ2n) is 8.91. The number of hydrogen-bond donors (Lipinski definition) is 1. The third kappa shape index (κ3) is 4.31.